The molecule has 0 N–H and O–H groups in total. The summed E-state index contributed by atoms with van der Waals surface area (Å²) in [5, 5.41) is 0.927. The molecule has 0 aromatic heterocycles. The van der Waals surface area contributed by atoms with E-state index in [9.17, 15) is 13.2 Å². The molecule has 1 aromatic carbocycles. The molecule has 3 aliphatic rings. The van der Waals surface area contributed by atoms with Gasteiger partial charge in [-0.2, -0.15) is 4.99 Å². The maximum Gasteiger partial charge on any atom is 0.251 e. The van der Waals surface area contributed by atoms with Gasteiger partial charge in [0.2, 0.25) is 0 Å². The van der Waals surface area contributed by atoms with E-state index < -0.39 is 9.84 Å². The Balaban J connectivity index is 1.72. The highest BCUT2D eigenvalue weighted by molar-refractivity contribution is 8.16. The van der Waals surface area contributed by atoms with Gasteiger partial charge in [0.1, 0.15) is 5.75 Å². The van der Waals surface area contributed by atoms with E-state index in [0.717, 1.165) is 25.7 Å². The number of carbonyl (C=O) groups excluding carboxylic acids is 1. The zero-order valence-electron chi connectivity index (χ0n) is 15.6. The number of amides is 1. The molecular formula is C19H23ClN2O4S2. The number of rotatable bonds is 3. The number of methoxy groups -OCH3 is 1. The molecule has 0 radical (unpaired) electrons. The lowest BCUT2D eigenvalue weighted by atomic mass is 9.89. The quantitative estimate of drug-likeness (QED) is 0.712. The first-order valence-corrected chi connectivity index (χ1v) is 12.6. The van der Waals surface area contributed by atoms with E-state index in [-0.39, 0.29) is 34.6 Å². The van der Waals surface area contributed by atoms with Crippen molar-refractivity contribution in [2.24, 2.45) is 10.9 Å². The molecule has 0 unspecified atom stereocenters. The Morgan fingerprint density at radius 2 is 2.00 bits per heavy atom. The predicted molar refractivity (Wildman–Crippen MR) is 113 cm³/mol. The molecule has 9 heteroatoms. The van der Waals surface area contributed by atoms with Crippen LogP contribution in [0.5, 0.6) is 5.75 Å². The third kappa shape index (κ3) is 3.91. The Morgan fingerprint density at radius 3 is 2.71 bits per heavy atom. The van der Waals surface area contributed by atoms with Gasteiger partial charge in [0.25, 0.3) is 5.91 Å². The van der Waals surface area contributed by atoms with Crippen LogP contribution in [0.15, 0.2) is 23.2 Å². The number of halogens is 1. The topological polar surface area (TPSA) is 76.0 Å². The van der Waals surface area contributed by atoms with Gasteiger partial charge in [-0.25, -0.2) is 8.42 Å². The zero-order chi connectivity index (χ0) is 19.9. The summed E-state index contributed by atoms with van der Waals surface area (Å²) in [4.78, 5) is 19.1. The molecule has 0 spiro atoms. The minimum Gasteiger partial charge on any atom is -0.495 e. The van der Waals surface area contributed by atoms with Crippen molar-refractivity contribution in [2.45, 2.75) is 43.4 Å². The number of hydrogen-bond acceptors (Lipinski definition) is 5. The Labute approximate surface area is 174 Å². The SMILES string of the molecule is COc1ccc(Cl)cc1N1C(=NC(=O)C2CCCCC2)S[C@H]2CS(=O)(=O)C[C@H]21. The molecule has 1 saturated carbocycles. The van der Waals surface area contributed by atoms with Gasteiger partial charge in [0.05, 0.1) is 30.3 Å². The van der Waals surface area contributed by atoms with Crippen LogP contribution in [0, 0.1) is 5.92 Å². The van der Waals surface area contributed by atoms with E-state index >= 15 is 0 Å². The summed E-state index contributed by atoms with van der Waals surface area (Å²) in [6.45, 7) is 0. The van der Waals surface area contributed by atoms with Gasteiger partial charge in [0.15, 0.2) is 15.0 Å². The van der Waals surface area contributed by atoms with E-state index in [0.29, 0.717) is 21.6 Å². The van der Waals surface area contributed by atoms with Crippen molar-refractivity contribution in [2.75, 3.05) is 23.5 Å². The van der Waals surface area contributed by atoms with Crippen LogP contribution in [0.1, 0.15) is 32.1 Å². The van der Waals surface area contributed by atoms with Crippen LogP contribution < -0.4 is 9.64 Å². The normalized spacial score (nSPS) is 28.5. The summed E-state index contributed by atoms with van der Waals surface area (Å²) in [7, 11) is -1.57. The number of thioether (sulfide) groups is 1. The second-order valence-electron chi connectivity index (χ2n) is 7.55. The maximum absolute atomic E-state index is 12.8. The van der Waals surface area contributed by atoms with E-state index in [2.05, 4.69) is 4.99 Å². The minimum absolute atomic E-state index is 0.0332. The number of ether oxygens (including phenoxy) is 1. The fraction of sp³-hybridized carbons (Fsp3) is 0.579. The van der Waals surface area contributed by atoms with Gasteiger partial charge in [-0.1, -0.05) is 42.6 Å². The highest BCUT2D eigenvalue weighted by Gasteiger charge is 2.50. The average Bonchev–Trinajstić information content (AvgIpc) is 3.13. The van der Waals surface area contributed by atoms with Crippen molar-refractivity contribution in [1.29, 1.82) is 0 Å². The fourth-order valence-electron chi connectivity index (χ4n) is 4.23. The zero-order valence-corrected chi connectivity index (χ0v) is 18.0. The molecular weight excluding hydrogens is 420 g/mol. The number of hydrogen-bond donors (Lipinski definition) is 0. The van der Waals surface area contributed by atoms with Gasteiger partial charge < -0.3 is 9.64 Å². The number of aliphatic imine (C=N–C) groups is 1. The molecule has 2 saturated heterocycles. The van der Waals surface area contributed by atoms with E-state index in [1.54, 1.807) is 25.3 Å². The van der Waals surface area contributed by atoms with Gasteiger partial charge in [0, 0.05) is 16.2 Å². The lowest BCUT2D eigenvalue weighted by molar-refractivity contribution is -0.122. The largest absolute Gasteiger partial charge is 0.495 e. The van der Waals surface area contributed by atoms with Gasteiger partial charge in [-0.3, -0.25) is 4.79 Å². The molecule has 2 aliphatic heterocycles. The Morgan fingerprint density at radius 1 is 1.25 bits per heavy atom. The average molecular weight is 443 g/mol. The molecule has 4 rings (SSSR count). The van der Waals surface area contributed by atoms with Crippen molar-refractivity contribution in [3.8, 4) is 5.75 Å². The number of fused-ring (bicyclic) bond motifs is 1. The van der Waals surface area contributed by atoms with Crippen LogP contribution in [0.2, 0.25) is 5.02 Å². The number of benzene rings is 1. The van der Waals surface area contributed by atoms with Crippen LogP contribution in [-0.4, -0.2) is 49.4 Å². The van der Waals surface area contributed by atoms with Crippen LogP contribution in [0.4, 0.5) is 5.69 Å². The van der Waals surface area contributed by atoms with Crippen molar-refractivity contribution in [3.05, 3.63) is 23.2 Å². The van der Waals surface area contributed by atoms with Crippen LogP contribution in [0.3, 0.4) is 0 Å². The lowest BCUT2D eigenvalue weighted by Crippen LogP contribution is -2.38. The summed E-state index contributed by atoms with van der Waals surface area (Å²) >= 11 is 7.59. The fourth-order valence-corrected chi connectivity index (χ4v) is 8.31. The van der Waals surface area contributed by atoms with Crippen molar-refractivity contribution in [1.82, 2.24) is 0 Å². The number of amidine groups is 1. The summed E-state index contributed by atoms with van der Waals surface area (Å²) < 4.78 is 29.9. The molecule has 6 nitrogen and oxygen atoms in total. The highest BCUT2D eigenvalue weighted by Crippen LogP contribution is 2.44. The molecule has 3 fully saturated rings. The predicted octanol–water partition coefficient (Wildman–Crippen LogP) is 3.53. The van der Waals surface area contributed by atoms with Crippen molar-refractivity contribution in [3.63, 3.8) is 0 Å². The third-order valence-electron chi connectivity index (χ3n) is 5.63. The monoisotopic (exact) mass is 442 g/mol. The summed E-state index contributed by atoms with van der Waals surface area (Å²) in [6, 6.07) is 4.94. The molecule has 2 atom stereocenters. The molecule has 152 valence electrons. The number of sulfone groups is 1. The minimum atomic E-state index is -3.12. The highest BCUT2D eigenvalue weighted by atomic mass is 35.5. The summed E-state index contributed by atoms with van der Waals surface area (Å²) in [6.07, 6.45) is 5.04. The first-order valence-electron chi connectivity index (χ1n) is 9.50. The van der Waals surface area contributed by atoms with E-state index in [1.165, 1.54) is 18.2 Å². The van der Waals surface area contributed by atoms with Gasteiger partial charge in [-0.05, 0) is 31.0 Å². The molecule has 0 bridgehead atoms. The van der Waals surface area contributed by atoms with Gasteiger partial charge in [-0.15, -0.1) is 0 Å². The molecule has 1 amide bonds. The smallest absolute Gasteiger partial charge is 0.251 e. The van der Waals surface area contributed by atoms with Crippen molar-refractivity contribution >= 4 is 50.0 Å². The standard InChI is InChI=1S/C19H23ClN2O4S2/c1-26-16-8-7-13(20)9-14(16)22-15-10-28(24,25)11-17(15)27-19(22)21-18(23)12-5-3-2-4-6-12/h7-9,12,15,17H,2-6,10-11H2,1H3/t15-,17+/m1/s1. The maximum atomic E-state index is 12.8. The molecule has 2 heterocycles. The Kier molecular flexibility index (Phi) is 5.64. The lowest BCUT2D eigenvalue weighted by Gasteiger charge is -2.27. The molecule has 1 aliphatic carbocycles. The first kappa shape index (κ1) is 20.0. The summed E-state index contributed by atoms with van der Waals surface area (Å²) in [5.41, 5.74) is 0.655. The van der Waals surface area contributed by atoms with Gasteiger partial charge >= 0.3 is 0 Å². The number of anilines is 1. The van der Waals surface area contributed by atoms with E-state index in [4.69, 9.17) is 16.3 Å². The van der Waals surface area contributed by atoms with Crippen molar-refractivity contribution < 1.29 is 17.9 Å². The Hall–Kier alpha value is -1.25. The molecule has 28 heavy (non-hydrogen) atoms. The number of carbonyl (C=O) groups is 1. The molecule has 1 aromatic rings. The summed E-state index contributed by atoms with van der Waals surface area (Å²) in [5.74, 6) is 0.577. The van der Waals surface area contributed by atoms with Crippen LogP contribution >= 0.6 is 23.4 Å². The third-order valence-corrected chi connectivity index (χ3v) is 9.07. The second-order valence-corrected chi connectivity index (χ2v) is 11.4. The van der Waals surface area contributed by atoms with Crippen LogP contribution in [0.25, 0.3) is 0 Å². The van der Waals surface area contributed by atoms with E-state index in [1.807, 2.05) is 4.90 Å². The Bertz CT molecular complexity index is 913. The van der Waals surface area contributed by atoms with Crippen LogP contribution in [-0.2, 0) is 14.6 Å². The second kappa shape index (κ2) is 7.88. The first-order chi connectivity index (χ1) is 13.4. The number of nitrogens with zero attached hydrogens (tertiary/aromatic N) is 2.